The summed E-state index contributed by atoms with van der Waals surface area (Å²) in [6.07, 6.45) is 0. The topological polar surface area (TPSA) is 25.4 Å². The first-order valence-corrected chi connectivity index (χ1v) is 7.57. The number of hydrogen-bond acceptors (Lipinski definition) is 4. The number of aromatic nitrogens is 1. The summed E-state index contributed by atoms with van der Waals surface area (Å²) in [5, 5.41) is 2.64. The lowest BCUT2D eigenvalue weighted by Crippen LogP contribution is -2.35. The fourth-order valence-electron chi connectivity index (χ4n) is 2.21. The van der Waals surface area contributed by atoms with Gasteiger partial charge in [0.05, 0.1) is 18.9 Å². The summed E-state index contributed by atoms with van der Waals surface area (Å²) in [7, 11) is 0. The Bertz CT molecular complexity index is 538. The fourth-order valence-corrected chi connectivity index (χ4v) is 3.15. The number of pyridine rings is 1. The molecule has 1 fully saturated rings. The normalized spacial score (nSPS) is 16.7. The van der Waals surface area contributed by atoms with E-state index in [0.717, 1.165) is 44.1 Å². The van der Waals surface area contributed by atoms with Crippen LogP contribution in [0.1, 0.15) is 5.69 Å². The van der Waals surface area contributed by atoms with Gasteiger partial charge in [-0.25, -0.2) is 4.98 Å². The van der Waals surface area contributed by atoms with E-state index in [1.165, 1.54) is 4.88 Å². The van der Waals surface area contributed by atoms with E-state index >= 15 is 0 Å². The van der Waals surface area contributed by atoms with Crippen molar-refractivity contribution in [2.75, 3.05) is 26.3 Å². The van der Waals surface area contributed by atoms with Crippen LogP contribution in [0.2, 0.25) is 5.15 Å². The van der Waals surface area contributed by atoms with E-state index in [2.05, 4.69) is 33.5 Å². The molecule has 0 radical (unpaired) electrons. The third-order valence-electron chi connectivity index (χ3n) is 3.14. The van der Waals surface area contributed by atoms with Crippen LogP contribution in [0, 0.1) is 0 Å². The lowest BCUT2D eigenvalue weighted by molar-refractivity contribution is 0.0336. The predicted molar refractivity (Wildman–Crippen MR) is 78.7 cm³/mol. The lowest BCUT2D eigenvalue weighted by atomic mass is 10.2. The van der Waals surface area contributed by atoms with E-state index in [0.29, 0.717) is 5.15 Å². The number of nitrogens with zero attached hydrogens (tertiary/aromatic N) is 2. The van der Waals surface area contributed by atoms with Crippen LogP contribution >= 0.6 is 22.9 Å². The van der Waals surface area contributed by atoms with Gasteiger partial charge in [0.15, 0.2) is 0 Å². The van der Waals surface area contributed by atoms with Crippen molar-refractivity contribution in [3.8, 4) is 10.4 Å². The molecule has 0 spiro atoms. The molecule has 3 heterocycles. The molecule has 1 aliphatic heterocycles. The molecule has 1 aliphatic rings. The molecule has 3 rings (SSSR count). The van der Waals surface area contributed by atoms with Gasteiger partial charge < -0.3 is 4.74 Å². The fraction of sp³-hybridized carbons (Fsp3) is 0.357. The van der Waals surface area contributed by atoms with Gasteiger partial charge >= 0.3 is 0 Å². The molecule has 0 unspecified atom stereocenters. The second-order valence-corrected chi connectivity index (χ2v) is 5.87. The zero-order valence-corrected chi connectivity index (χ0v) is 12.1. The van der Waals surface area contributed by atoms with Gasteiger partial charge in [-0.1, -0.05) is 17.7 Å². The van der Waals surface area contributed by atoms with Crippen LogP contribution in [-0.4, -0.2) is 36.2 Å². The minimum absolute atomic E-state index is 0.564. The third kappa shape index (κ3) is 3.34. The molecule has 0 bridgehead atoms. The van der Waals surface area contributed by atoms with E-state index in [1.807, 2.05) is 6.07 Å². The Kier molecular flexibility index (Phi) is 4.13. The molecule has 2 aromatic rings. The molecular formula is C14H15ClN2OS. The number of thiophene rings is 1. The monoisotopic (exact) mass is 294 g/mol. The van der Waals surface area contributed by atoms with Crippen molar-refractivity contribution in [1.29, 1.82) is 0 Å². The van der Waals surface area contributed by atoms with Crippen LogP contribution in [-0.2, 0) is 11.3 Å². The number of morpholine rings is 1. The summed E-state index contributed by atoms with van der Waals surface area (Å²) in [4.78, 5) is 8.00. The smallest absolute Gasteiger partial charge is 0.130 e. The second kappa shape index (κ2) is 6.01. The van der Waals surface area contributed by atoms with Crippen molar-refractivity contribution >= 4 is 22.9 Å². The SMILES string of the molecule is Clc1cc(-c2cccs2)cc(CN2CCOCC2)n1. The van der Waals surface area contributed by atoms with E-state index in [1.54, 1.807) is 11.3 Å². The number of ether oxygens (including phenoxy) is 1. The van der Waals surface area contributed by atoms with Gasteiger partial charge in [0, 0.05) is 24.5 Å². The van der Waals surface area contributed by atoms with Gasteiger partial charge in [0.1, 0.15) is 5.15 Å². The molecule has 0 saturated carbocycles. The Morgan fingerprint density at radius 2 is 2.16 bits per heavy atom. The highest BCUT2D eigenvalue weighted by atomic mass is 35.5. The maximum absolute atomic E-state index is 6.13. The molecule has 19 heavy (non-hydrogen) atoms. The molecule has 0 aromatic carbocycles. The molecule has 2 aromatic heterocycles. The molecule has 3 nitrogen and oxygen atoms in total. The number of hydrogen-bond donors (Lipinski definition) is 0. The molecule has 5 heteroatoms. The lowest BCUT2D eigenvalue weighted by Gasteiger charge is -2.26. The average molecular weight is 295 g/mol. The second-order valence-electron chi connectivity index (χ2n) is 4.54. The highest BCUT2D eigenvalue weighted by molar-refractivity contribution is 7.13. The first-order valence-electron chi connectivity index (χ1n) is 6.32. The average Bonchev–Trinajstić information content (AvgIpc) is 2.93. The molecule has 100 valence electrons. The summed E-state index contributed by atoms with van der Waals surface area (Å²) in [6.45, 7) is 4.37. The van der Waals surface area contributed by atoms with E-state index in [-0.39, 0.29) is 0 Å². The summed E-state index contributed by atoms with van der Waals surface area (Å²) >= 11 is 7.85. The van der Waals surface area contributed by atoms with E-state index in [9.17, 15) is 0 Å². The number of halogens is 1. The van der Waals surface area contributed by atoms with Crippen LogP contribution < -0.4 is 0 Å². The Labute approximate surface area is 121 Å². The van der Waals surface area contributed by atoms with Crippen molar-refractivity contribution in [2.45, 2.75) is 6.54 Å². The molecule has 0 N–H and O–H groups in total. The van der Waals surface area contributed by atoms with Crippen LogP contribution in [0.5, 0.6) is 0 Å². The van der Waals surface area contributed by atoms with Crippen molar-refractivity contribution in [3.05, 3.63) is 40.5 Å². The molecule has 0 aliphatic carbocycles. The minimum Gasteiger partial charge on any atom is -0.379 e. The van der Waals surface area contributed by atoms with Gasteiger partial charge in [-0.05, 0) is 29.1 Å². The Hall–Kier alpha value is -0.940. The maximum atomic E-state index is 6.13. The zero-order valence-electron chi connectivity index (χ0n) is 10.5. The first kappa shape index (κ1) is 13.1. The largest absolute Gasteiger partial charge is 0.379 e. The van der Waals surface area contributed by atoms with Gasteiger partial charge in [0.25, 0.3) is 0 Å². The van der Waals surface area contributed by atoms with Crippen LogP contribution in [0.25, 0.3) is 10.4 Å². The number of rotatable bonds is 3. The van der Waals surface area contributed by atoms with Crippen molar-refractivity contribution in [2.24, 2.45) is 0 Å². The summed E-state index contributed by atoms with van der Waals surface area (Å²) in [5.74, 6) is 0. The summed E-state index contributed by atoms with van der Waals surface area (Å²) in [5.41, 5.74) is 2.18. The van der Waals surface area contributed by atoms with Crippen molar-refractivity contribution in [1.82, 2.24) is 9.88 Å². The molecular weight excluding hydrogens is 280 g/mol. The van der Waals surface area contributed by atoms with Gasteiger partial charge in [-0.15, -0.1) is 11.3 Å². The summed E-state index contributed by atoms with van der Waals surface area (Å²) in [6, 6.07) is 8.22. The third-order valence-corrected chi connectivity index (χ3v) is 4.25. The van der Waals surface area contributed by atoms with Crippen LogP contribution in [0.4, 0.5) is 0 Å². The van der Waals surface area contributed by atoms with Crippen LogP contribution in [0.3, 0.4) is 0 Å². The summed E-state index contributed by atoms with van der Waals surface area (Å²) < 4.78 is 5.36. The van der Waals surface area contributed by atoms with Crippen molar-refractivity contribution < 1.29 is 4.74 Å². The van der Waals surface area contributed by atoms with E-state index in [4.69, 9.17) is 16.3 Å². The molecule has 0 atom stereocenters. The first-order chi connectivity index (χ1) is 9.31. The Balaban J connectivity index is 1.81. The Morgan fingerprint density at radius 1 is 1.32 bits per heavy atom. The van der Waals surface area contributed by atoms with Gasteiger partial charge in [0.2, 0.25) is 0 Å². The predicted octanol–water partition coefficient (Wildman–Crippen LogP) is 3.30. The Morgan fingerprint density at radius 3 is 2.89 bits per heavy atom. The highest BCUT2D eigenvalue weighted by Crippen LogP contribution is 2.27. The highest BCUT2D eigenvalue weighted by Gasteiger charge is 2.12. The molecule has 1 saturated heterocycles. The van der Waals surface area contributed by atoms with E-state index < -0.39 is 0 Å². The van der Waals surface area contributed by atoms with Gasteiger partial charge in [-0.2, -0.15) is 0 Å². The van der Waals surface area contributed by atoms with Crippen LogP contribution in [0.15, 0.2) is 29.6 Å². The van der Waals surface area contributed by atoms with Crippen molar-refractivity contribution in [3.63, 3.8) is 0 Å². The standard InChI is InChI=1S/C14H15ClN2OS/c15-14-9-11(13-2-1-7-19-13)8-12(16-14)10-17-3-5-18-6-4-17/h1-2,7-9H,3-6,10H2. The maximum Gasteiger partial charge on any atom is 0.130 e. The zero-order chi connectivity index (χ0) is 13.1. The molecule has 0 amide bonds. The van der Waals surface area contributed by atoms with Gasteiger partial charge in [-0.3, -0.25) is 4.90 Å². The minimum atomic E-state index is 0.564. The quantitative estimate of drug-likeness (QED) is 0.812.